The molecule has 23 heavy (non-hydrogen) atoms. The minimum absolute atomic E-state index is 0.0948. The van der Waals surface area contributed by atoms with Crippen LogP contribution in [-0.4, -0.2) is 41.4 Å². The molecule has 122 valence electrons. The van der Waals surface area contributed by atoms with E-state index in [-0.39, 0.29) is 17.8 Å². The third-order valence-electron chi connectivity index (χ3n) is 5.44. The van der Waals surface area contributed by atoms with Crippen LogP contribution in [0, 0.1) is 29.6 Å². The highest BCUT2D eigenvalue weighted by atomic mass is 16.7. The zero-order chi connectivity index (χ0) is 15.9. The summed E-state index contributed by atoms with van der Waals surface area (Å²) in [6.07, 6.45) is 0.936. The minimum Gasteiger partial charge on any atom is -0.392 e. The van der Waals surface area contributed by atoms with E-state index >= 15 is 0 Å². The van der Waals surface area contributed by atoms with Crippen LogP contribution in [0.15, 0.2) is 30.3 Å². The number of ether oxygens (including phenoxy) is 2. The van der Waals surface area contributed by atoms with Crippen LogP contribution in [-0.2, 0) is 15.9 Å². The van der Waals surface area contributed by atoms with Gasteiger partial charge in [0.2, 0.25) is 0 Å². The van der Waals surface area contributed by atoms with Crippen molar-refractivity contribution in [3.63, 3.8) is 0 Å². The molecule has 2 aliphatic carbocycles. The van der Waals surface area contributed by atoms with Crippen LogP contribution in [0.1, 0.15) is 18.4 Å². The summed E-state index contributed by atoms with van der Waals surface area (Å²) >= 11 is 0. The van der Waals surface area contributed by atoms with Crippen LogP contribution in [0.2, 0.25) is 0 Å². The van der Waals surface area contributed by atoms with Gasteiger partial charge in [-0.1, -0.05) is 42.2 Å². The zero-order valence-electron chi connectivity index (χ0n) is 13.0. The lowest BCUT2D eigenvalue weighted by molar-refractivity contribution is -0.275. The molecule has 3 aliphatic rings. The van der Waals surface area contributed by atoms with Crippen LogP contribution in [0.25, 0.3) is 0 Å². The predicted molar refractivity (Wildman–Crippen MR) is 84.3 cm³/mol. The molecule has 4 nitrogen and oxygen atoms in total. The van der Waals surface area contributed by atoms with E-state index < -0.39 is 18.0 Å². The molecule has 1 aromatic carbocycles. The molecule has 1 aliphatic heterocycles. The zero-order valence-corrected chi connectivity index (χ0v) is 13.0. The second-order valence-electron chi connectivity index (χ2n) is 6.81. The van der Waals surface area contributed by atoms with Gasteiger partial charge in [0.15, 0.2) is 5.79 Å². The summed E-state index contributed by atoms with van der Waals surface area (Å²) in [6.45, 7) is 1.29. The summed E-state index contributed by atoms with van der Waals surface area (Å²) in [5.41, 5.74) is 1.06. The first kappa shape index (κ1) is 15.2. The first-order chi connectivity index (χ1) is 11.2. The van der Waals surface area contributed by atoms with Gasteiger partial charge in [-0.05, 0) is 17.9 Å². The molecule has 5 unspecified atom stereocenters. The number of hydrogen-bond donors (Lipinski definition) is 2. The Morgan fingerprint density at radius 3 is 2.70 bits per heavy atom. The lowest BCUT2D eigenvalue weighted by Crippen LogP contribution is -2.54. The fourth-order valence-electron chi connectivity index (χ4n) is 4.25. The fourth-order valence-corrected chi connectivity index (χ4v) is 4.25. The molecule has 0 aromatic heterocycles. The summed E-state index contributed by atoms with van der Waals surface area (Å²) in [6, 6.07) is 9.82. The average molecular weight is 314 g/mol. The largest absolute Gasteiger partial charge is 0.392 e. The number of hydrogen-bond acceptors (Lipinski definition) is 4. The van der Waals surface area contributed by atoms with Gasteiger partial charge in [-0.25, -0.2) is 0 Å². The van der Waals surface area contributed by atoms with Crippen molar-refractivity contribution in [2.24, 2.45) is 17.8 Å². The molecule has 3 fully saturated rings. The molecule has 2 saturated carbocycles. The topological polar surface area (TPSA) is 58.9 Å². The van der Waals surface area contributed by atoms with Crippen molar-refractivity contribution in [1.29, 1.82) is 0 Å². The quantitative estimate of drug-likeness (QED) is 0.809. The Labute approximate surface area is 136 Å². The first-order valence-corrected chi connectivity index (χ1v) is 8.37. The lowest BCUT2D eigenvalue weighted by atomic mass is 9.69. The molecule has 0 bridgehead atoms. The van der Waals surface area contributed by atoms with E-state index in [9.17, 15) is 10.2 Å². The summed E-state index contributed by atoms with van der Waals surface area (Å²) in [5.74, 6) is 5.93. The first-order valence-electron chi connectivity index (χ1n) is 8.37. The van der Waals surface area contributed by atoms with Crippen molar-refractivity contribution in [3.05, 3.63) is 35.9 Å². The Hall–Kier alpha value is -1.38. The SMILES string of the molecule is OC(C#CC1CC2C(CC23OCCO3)C1O)Cc1ccccc1. The highest BCUT2D eigenvalue weighted by Gasteiger charge is 2.64. The molecule has 1 aromatic rings. The molecule has 1 spiro atoms. The number of rotatable bonds is 2. The molecule has 4 heteroatoms. The van der Waals surface area contributed by atoms with Crippen molar-refractivity contribution >= 4 is 0 Å². The molecule has 2 N–H and O–H groups in total. The van der Waals surface area contributed by atoms with Gasteiger partial charge >= 0.3 is 0 Å². The van der Waals surface area contributed by atoms with E-state index in [0.29, 0.717) is 19.6 Å². The number of aliphatic hydroxyl groups is 2. The van der Waals surface area contributed by atoms with E-state index in [2.05, 4.69) is 11.8 Å². The average Bonchev–Trinajstić information content (AvgIpc) is 3.13. The monoisotopic (exact) mass is 314 g/mol. The van der Waals surface area contributed by atoms with Gasteiger partial charge < -0.3 is 19.7 Å². The second kappa shape index (κ2) is 5.92. The molecule has 5 atom stereocenters. The Morgan fingerprint density at radius 2 is 1.96 bits per heavy atom. The Morgan fingerprint density at radius 1 is 1.22 bits per heavy atom. The maximum absolute atomic E-state index is 10.4. The number of benzene rings is 1. The van der Waals surface area contributed by atoms with Crippen molar-refractivity contribution in [2.75, 3.05) is 13.2 Å². The highest BCUT2D eigenvalue weighted by Crippen LogP contribution is 2.58. The summed E-state index contributed by atoms with van der Waals surface area (Å²) in [5, 5.41) is 20.5. The van der Waals surface area contributed by atoms with Gasteiger partial charge in [-0.3, -0.25) is 0 Å². The van der Waals surface area contributed by atoms with Crippen LogP contribution in [0.3, 0.4) is 0 Å². The maximum atomic E-state index is 10.4. The predicted octanol–water partition coefficient (Wildman–Crippen LogP) is 1.35. The number of fused-ring (bicyclic) bond motifs is 2. The lowest BCUT2D eigenvalue weighted by Gasteiger charge is -2.48. The molecular formula is C19H22O4. The smallest absolute Gasteiger partial charge is 0.172 e. The van der Waals surface area contributed by atoms with E-state index in [1.807, 2.05) is 30.3 Å². The van der Waals surface area contributed by atoms with Crippen LogP contribution in [0.4, 0.5) is 0 Å². The minimum atomic E-state index is -0.698. The molecule has 0 radical (unpaired) electrons. The van der Waals surface area contributed by atoms with Gasteiger partial charge in [0.05, 0.1) is 19.3 Å². The van der Waals surface area contributed by atoms with Crippen molar-refractivity contribution in [1.82, 2.24) is 0 Å². The molecule has 1 saturated heterocycles. The van der Waals surface area contributed by atoms with Crippen molar-refractivity contribution < 1.29 is 19.7 Å². The Kier molecular flexibility index (Phi) is 3.90. The standard InChI is InChI=1S/C19H22O4/c20-15(10-13-4-2-1-3-5-13)7-6-14-11-17-16(18(14)21)12-19(17)22-8-9-23-19/h1-5,14-18,20-21H,8-12H2. The normalized spacial score (nSPS) is 35.2. The number of aliphatic hydroxyl groups excluding tert-OH is 2. The molecule has 4 rings (SSSR count). The Bertz CT molecular complexity index is 611. The van der Waals surface area contributed by atoms with E-state index in [1.165, 1.54) is 0 Å². The van der Waals surface area contributed by atoms with E-state index in [4.69, 9.17) is 9.47 Å². The van der Waals surface area contributed by atoms with Crippen LogP contribution in [0.5, 0.6) is 0 Å². The van der Waals surface area contributed by atoms with Gasteiger partial charge in [0.25, 0.3) is 0 Å². The molecule has 1 heterocycles. The van der Waals surface area contributed by atoms with E-state index in [1.54, 1.807) is 0 Å². The van der Waals surface area contributed by atoms with Crippen LogP contribution >= 0.6 is 0 Å². The fraction of sp³-hybridized carbons (Fsp3) is 0.579. The Balaban J connectivity index is 1.38. The van der Waals surface area contributed by atoms with Gasteiger partial charge in [-0.2, -0.15) is 0 Å². The van der Waals surface area contributed by atoms with Gasteiger partial charge in [0, 0.05) is 24.7 Å². The van der Waals surface area contributed by atoms with Gasteiger partial charge in [0.1, 0.15) is 6.10 Å². The van der Waals surface area contributed by atoms with Crippen LogP contribution < -0.4 is 0 Å². The third kappa shape index (κ3) is 2.68. The third-order valence-corrected chi connectivity index (χ3v) is 5.44. The maximum Gasteiger partial charge on any atom is 0.172 e. The molecular weight excluding hydrogens is 292 g/mol. The molecule has 0 amide bonds. The van der Waals surface area contributed by atoms with Gasteiger partial charge in [-0.15, -0.1) is 0 Å². The summed E-state index contributed by atoms with van der Waals surface area (Å²) in [7, 11) is 0. The summed E-state index contributed by atoms with van der Waals surface area (Å²) in [4.78, 5) is 0. The van der Waals surface area contributed by atoms with Crippen molar-refractivity contribution in [2.45, 2.75) is 37.3 Å². The highest BCUT2D eigenvalue weighted by molar-refractivity contribution is 5.22. The van der Waals surface area contributed by atoms with E-state index in [0.717, 1.165) is 18.4 Å². The van der Waals surface area contributed by atoms with Crippen molar-refractivity contribution in [3.8, 4) is 11.8 Å². The summed E-state index contributed by atoms with van der Waals surface area (Å²) < 4.78 is 11.5. The second-order valence-corrected chi connectivity index (χ2v) is 6.81.